The molecule has 3 nitrogen and oxygen atoms in total. The van der Waals surface area contributed by atoms with Crippen LogP contribution in [0.1, 0.15) is 12.0 Å². The summed E-state index contributed by atoms with van der Waals surface area (Å²) in [5.74, 6) is 0. The average molecular weight is 168 g/mol. The van der Waals surface area contributed by atoms with Gasteiger partial charge >= 0.3 is 0 Å². The van der Waals surface area contributed by atoms with Crippen molar-refractivity contribution >= 4 is 0 Å². The smallest absolute Gasteiger partial charge is 0.244 e. The molecule has 3 heteroatoms. The maximum atomic E-state index is 5.12. The molecule has 0 aliphatic carbocycles. The lowest BCUT2D eigenvalue weighted by molar-refractivity contribution is -0.686. The van der Waals surface area contributed by atoms with Crippen molar-refractivity contribution in [2.24, 2.45) is 7.05 Å². The van der Waals surface area contributed by atoms with Crippen LogP contribution in [0, 0.1) is 0 Å². The molecule has 0 unspecified atom stereocenters. The molecule has 0 radical (unpaired) electrons. The molecule has 0 aliphatic rings. The fourth-order valence-corrected chi connectivity index (χ4v) is 1.12. The highest BCUT2D eigenvalue weighted by atomic mass is 16.7. The summed E-state index contributed by atoms with van der Waals surface area (Å²) in [5.41, 5.74) is 1.00. The summed E-state index contributed by atoms with van der Waals surface area (Å²) in [6, 6.07) is 5.89. The van der Waals surface area contributed by atoms with Crippen LogP contribution in [0.5, 0.6) is 0 Å². The Morgan fingerprint density at radius 3 is 2.42 bits per heavy atom. The van der Waals surface area contributed by atoms with E-state index in [-0.39, 0.29) is 6.29 Å². The molecule has 0 fully saturated rings. The molecule has 0 aromatic carbocycles. The number of methoxy groups -OCH3 is 2. The number of hydrogen-bond donors (Lipinski definition) is 0. The van der Waals surface area contributed by atoms with Gasteiger partial charge in [0, 0.05) is 26.4 Å². The van der Waals surface area contributed by atoms with Gasteiger partial charge < -0.3 is 9.47 Å². The van der Waals surface area contributed by atoms with Crippen LogP contribution >= 0.6 is 0 Å². The number of aryl methyl sites for hydroxylation is 1. The van der Waals surface area contributed by atoms with E-state index in [1.165, 1.54) is 0 Å². The summed E-state index contributed by atoms with van der Waals surface area (Å²) in [6.07, 6.45) is 1.68. The molecular weight excluding hydrogens is 154 g/mol. The maximum Gasteiger partial charge on any atom is 0.244 e. The van der Waals surface area contributed by atoms with E-state index in [0.29, 0.717) is 0 Å². The maximum absolute atomic E-state index is 5.12. The number of pyridine rings is 1. The summed E-state index contributed by atoms with van der Waals surface area (Å²) in [5, 5.41) is 0. The lowest BCUT2D eigenvalue weighted by Gasteiger charge is -2.09. The Hall–Kier alpha value is -0.930. The van der Waals surface area contributed by atoms with Gasteiger partial charge in [0.25, 0.3) is 0 Å². The molecule has 0 N–H and O–H groups in total. The van der Waals surface area contributed by atoms with E-state index >= 15 is 0 Å². The second kappa shape index (κ2) is 4.18. The molecule has 1 aromatic rings. The van der Waals surface area contributed by atoms with Crippen LogP contribution < -0.4 is 4.57 Å². The molecule has 0 amide bonds. The zero-order valence-corrected chi connectivity index (χ0v) is 7.65. The Labute approximate surface area is 72.5 Å². The second-order valence-corrected chi connectivity index (χ2v) is 2.54. The van der Waals surface area contributed by atoms with Crippen molar-refractivity contribution in [2.45, 2.75) is 6.29 Å². The first-order chi connectivity index (χ1) is 5.79. The van der Waals surface area contributed by atoms with Crippen LogP contribution in [0.2, 0.25) is 0 Å². The molecule has 1 aromatic heterocycles. The van der Waals surface area contributed by atoms with Crippen molar-refractivity contribution in [2.75, 3.05) is 14.2 Å². The normalized spacial score (nSPS) is 10.7. The fourth-order valence-electron chi connectivity index (χ4n) is 1.12. The number of rotatable bonds is 3. The molecule has 0 saturated heterocycles. The van der Waals surface area contributed by atoms with Crippen molar-refractivity contribution < 1.29 is 14.0 Å². The summed E-state index contributed by atoms with van der Waals surface area (Å²) in [6.45, 7) is 0. The van der Waals surface area contributed by atoms with E-state index in [2.05, 4.69) is 0 Å². The van der Waals surface area contributed by atoms with Gasteiger partial charge in [0.2, 0.25) is 12.0 Å². The summed E-state index contributed by atoms with van der Waals surface area (Å²) in [7, 11) is 5.21. The van der Waals surface area contributed by atoms with Gasteiger partial charge in [-0.3, -0.25) is 0 Å². The first-order valence-corrected chi connectivity index (χ1v) is 3.79. The lowest BCUT2D eigenvalue weighted by Crippen LogP contribution is -2.35. The van der Waals surface area contributed by atoms with Gasteiger partial charge in [0.15, 0.2) is 6.20 Å². The minimum absolute atomic E-state index is 0.281. The summed E-state index contributed by atoms with van der Waals surface area (Å²) in [4.78, 5) is 0. The number of hydrogen-bond acceptors (Lipinski definition) is 2. The van der Waals surface area contributed by atoms with Gasteiger partial charge in [-0.15, -0.1) is 0 Å². The van der Waals surface area contributed by atoms with E-state index in [1.807, 2.05) is 36.0 Å². The predicted octanol–water partition coefficient (Wildman–Crippen LogP) is 0.802. The van der Waals surface area contributed by atoms with Crippen molar-refractivity contribution in [3.05, 3.63) is 30.1 Å². The highest BCUT2D eigenvalue weighted by Gasteiger charge is 2.17. The van der Waals surface area contributed by atoms with E-state index in [1.54, 1.807) is 14.2 Å². The average Bonchev–Trinajstić information content (AvgIpc) is 2.10. The Morgan fingerprint density at radius 1 is 1.25 bits per heavy atom. The van der Waals surface area contributed by atoms with Crippen LogP contribution in [0.15, 0.2) is 24.4 Å². The molecule has 66 valence electrons. The third kappa shape index (κ3) is 1.81. The van der Waals surface area contributed by atoms with Crippen molar-refractivity contribution in [3.8, 4) is 0 Å². The van der Waals surface area contributed by atoms with Crippen LogP contribution in [0.4, 0.5) is 0 Å². The van der Waals surface area contributed by atoms with E-state index in [0.717, 1.165) is 5.69 Å². The topological polar surface area (TPSA) is 22.3 Å². The minimum Gasteiger partial charge on any atom is -0.347 e. The molecule has 1 heterocycles. The van der Waals surface area contributed by atoms with Crippen LogP contribution in [-0.4, -0.2) is 14.2 Å². The lowest BCUT2D eigenvalue weighted by atomic mass is 10.3. The van der Waals surface area contributed by atoms with Crippen LogP contribution in [-0.2, 0) is 16.5 Å². The molecule has 12 heavy (non-hydrogen) atoms. The predicted molar refractivity (Wildman–Crippen MR) is 44.4 cm³/mol. The highest BCUT2D eigenvalue weighted by molar-refractivity contribution is 4.98. The molecule has 0 aliphatic heterocycles. The van der Waals surface area contributed by atoms with Gasteiger partial charge in [0.1, 0.15) is 7.05 Å². The monoisotopic (exact) mass is 168 g/mol. The second-order valence-electron chi connectivity index (χ2n) is 2.54. The van der Waals surface area contributed by atoms with E-state index in [9.17, 15) is 0 Å². The van der Waals surface area contributed by atoms with Crippen molar-refractivity contribution in [1.29, 1.82) is 0 Å². The fraction of sp³-hybridized carbons (Fsp3) is 0.444. The van der Waals surface area contributed by atoms with Crippen molar-refractivity contribution in [3.63, 3.8) is 0 Å². The van der Waals surface area contributed by atoms with Gasteiger partial charge in [0.05, 0.1) is 0 Å². The van der Waals surface area contributed by atoms with E-state index in [4.69, 9.17) is 9.47 Å². The van der Waals surface area contributed by atoms with Gasteiger partial charge in [-0.1, -0.05) is 0 Å². The number of aromatic nitrogens is 1. The largest absolute Gasteiger partial charge is 0.347 e. The quantitative estimate of drug-likeness (QED) is 0.492. The Morgan fingerprint density at radius 2 is 1.92 bits per heavy atom. The third-order valence-corrected chi connectivity index (χ3v) is 1.76. The molecule has 1 rings (SSSR count). The molecule has 0 spiro atoms. The number of nitrogens with zero attached hydrogens (tertiary/aromatic N) is 1. The zero-order valence-electron chi connectivity index (χ0n) is 7.65. The Kier molecular flexibility index (Phi) is 3.19. The number of ether oxygens (including phenoxy) is 2. The first kappa shape index (κ1) is 9.16. The zero-order chi connectivity index (χ0) is 8.97. The standard InChI is InChI=1S/C9H14NO2/c1-10-7-5-4-6-8(10)9(11-2)12-3/h4-7,9H,1-3H3/q+1. The minimum atomic E-state index is -0.281. The van der Waals surface area contributed by atoms with Crippen molar-refractivity contribution in [1.82, 2.24) is 0 Å². The Balaban J connectivity index is 2.92. The van der Waals surface area contributed by atoms with Gasteiger partial charge in [-0.05, 0) is 6.07 Å². The highest BCUT2D eigenvalue weighted by Crippen LogP contribution is 2.11. The summed E-state index contributed by atoms with van der Waals surface area (Å²) >= 11 is 0. The third-order valence-electron chi connectivity index (χ3n) is 1.76. The van der Waals surface area contributed by atoms with Gasteiger partial charge in [-0.2, -0.15) is 0 Å². The van der Waals surface area contributed by atoms with E-state index < -0.39 is 0 Å². The molecule has 0 bridgehead atoms. The molecule has 0 atom stereocenters. The molecule has 0 saturated carbocycles. The Bertz CT molecular complexity index is 246. The molecular formula is C9H14NO2+. The van der Waals surface area contributed by atoms with Crippen LogP contribution in [0.25, 0.3) is 0 Å². The van der Waals surface area contributed by atoms with Crippen LogP contribution in [0.3, 0.4) is 0 Å². The first-order valence-electron chi connectivity index (χ1n) is 3.79. The van der Waals surface area contributed by atoms with Gasteiger partial charge in [-0.25, -0.2) is 4.57 Å². The SMILES string of the molecule is COC(OC)c1cccc[n+]1C. The summed E-state index contributed by atoms with van der Waals surface area (Å²) < 4.78 is 12.2.